The van der Waals surface area contributed by atoms with Crippen LogP contribution in [0.1, 0.15) is 30.5 Å². The second kappa shape index (κ2) is 6.04. The number of benzene rings is 2. The van der Waals surface area contributed by atoms with Crippen molar-refractivity contribution < 1.29 is 0 Å². The van der Waals surface area contributed by atoms with Crippen LogP contribution in [-0.2, 0) is 0 Å². The fraction of sp³-hybridized carbons (Fsp3) is 0.368. The van der Waals surface area contributed by atoms with E-state index >= 15 is 0 Å². The monoisotopic (exact) mass is 314 g/mol. The Morgan fingerprint density at radius 2 is 1.55 bits per heavy atom. The zero-order valence-electron chi connectivity index (χ0n) is 12.9. The van der Waals surface area contributed by atoms with E-state index in [0.29, 0.717) is 18.0 Å². The van der Waals surface area contributed by atoms with Crippen LogP contribution in [0.25, 0.3) is 11.1 Å². The molecule has 1 fully saturated rings. The predicted molar refractivity (Wildman–Crippen MR) is 94.3 cm³/mol. The van der Waals surface area contributed by atoms with Crippen molar-refractivity contribution in [1.82, 2.24) is 4.90 Å². The smallest absolute Gasteiger partial charge is 0.0614 e. The summed E-state index contributed by atoms with van der Waals surface area (Å²) in [6, 6.07) is 18.4. The maximum atomic E-state index is 6.12. The zero-order valence-corrected chi connectivity index (χ0v) is 13.7. The van der Waals surface area contributed by atoms with Crippen LogP contribution in [0.5, 0.6) is 0 Å². The van der Waals surface area contributed by atoms with Crippen LogP contribution in [-0.4, -0.2) is 24.0 Å². The summed E-state index contributed by atoms with van der Waals surface area (Å²) in [5, 5.41) is 0. The third-order valence-electron chi connectivity index (χ3n) is 5.17. The van der Waals surface area contributed by atoms with Crippen LogP contribution in [0, 0.1) is 5.92 Å². The summed E-state index contributed by atoms with van der Waals surface area (Å²) >= 11 is 0. The van der Waals surface area contributed by atoms with Gasteiger partial charge >= 0.3 is 0 Å². The average Bonchev–Trinajstić information content (AvgIpc) is 3.09. The quantitative estimate of drug-likeness (QED) is 0.912. The van der Waals surface area contributed by atoms with Gasteiger partial charge in [0.15, 0.2) is 0 Å². The molecule has 0 spiro atoms. The first-order valence-corrected chi connectivity index (χ1v) is 7.93. The molecule has 1 aliphatic carbocycles. The Labute approximate surface area is 138 Å². The summed E-state index contributed by atoms with van der Waals surface area (Å²) in [5.74, 6) is 0.630. The molecule has 4 rings (SSSR count). The van der Waals surface area contributed by atoms with E-state index in [1.807, 2.05) is 0 Å². The van der Waals surface area contributed by atoms with Crippen molar-refractivity contribution >= 4 is 12.4 Å². The molecule has 1 heterocycles. The van der Waals surface area contributed by atoms with Crippen molar-refractivity contribution in [3.05, 3.63) is 59.7 Å². The molecule has 22 heavy (non-hydrogen) atoms. The minimum absolute atomic E-state index is 0. The topological polar surface area (TPSA) is 29.3 Å². The Morgan fingerprint density at radius 3 is 2.05 bits per heavy atom. The molecule has 2 aromatic rings. The van der Waals surface area contributed by atoms with Crippen LogP contribution in [0.4, 0.5) is 0 Å². The zero-order chi connectivity index (χ0) is 14.4. The Kier molecular flexibility index (Phi) is 4.26. The average molecular weight is 315 g/mol. The molecule has 2 unspecified atom stereocenters. The van der Waals surface area contributed by atoms with Crippen molar-refractivity contribution in [2.24, 2.45) is 11.7 Å². The van der Waals surface area contributed by atoms with Crippen molar-refractivity contribution in [3.8, 4) is 11.1 Å². The predicted octanol–water partition coefficient (Wildman–Crippen LogP) is 3.85. The van der Waals surface area contributed by atoms with Gasteiger partial charge in [-0.2, -0.15) is 0 Å². The van der Waals surface area contributed by atoms with Crippen LogP contribution in [0.3, 0.4) is 0 Å². The lowest BCUT2D eigenvalue weighted by Gasteiger charge is -2.26. The summed E-state index contributed by atoms with van der Waals surface area (Å²) in [6.07, 6.45) is 1.22. The first-order chi connectivity index (χ1) is 10.3. The van der Waals surface area contributed by atoms with Gasteiger partial charge in [-0.25, -0.2) is 0 Å². The molecule has 0 bridgehead atoms. The van der Waals surface area contributed by atoms with Crippen molar-refractivity contribution in [2.45, 2.75) is 25.4 Å². The second-order valence-electron chi connectivity index (χ2n) is 6.48. The molecule has 1 saturated heterocycles. The van der Waals surface area contributed by atoms with E-state index < -0.39 is 0 Å². The summed E-state index contributed by atoms with van der Waals surface area (Å²) in [5.41, 5.74) is 11.9. The molecule has 0 radical (unpaired) electrons. The third-order valence-corrected chi connectivity index (χ3v) is 5.17. The first kappa shape index (κ1) is 15.5. The van der Waals surface area contributed by atoms with E-state index in [1.165, 1.54) is 28.7 Å². The molecule has 2 aliphatic rings. The number of nitrogens with zero attached hydrogens (tertiary/aromatic N) is 1. The summed E-state index contributed by atoms with van der Waals surface area (Å²) in [7, 11) is 0. The summed E-state index contributed by atoms with van der Waals surface area (Å²) < 4.78 is 0. The van der Waals surface area contributed by atoms with E-state index in [2.05, 4.69) is 60.4 Å². The number of nitrogens with two attached hydrogens (primary N) is 1. The lowest BCUT2D eigenvalue weighted by atomic mass is 10.0. The number of fused-ring (bicyclic) bond motifs is 3. The molecule has 2 aromatic carbocycles. The first-order valence-electron chi connectivity index (χ1n) is 7.93. The molecule has 0 amide bonds. The van der Waals surface area contributed by atoms with E-state index in [9.17, 15) is 0 Å². The SMILES string of the molecule is CC(N)C1CCN(C2c3ccccc3-c3ccccc32)C1.Cl. The van der Waals surface area contributed by atoms with E-state index in [0.717, 1.165) is 13.1 Å². The van der Waals surface area contributed by atoms with Gasteiger partial charge in [-0.05, 0) is 48.1 Å². The number of hydrogen-bond donors (Lipinski definition) is 1. The largest absolute Gasteiger partial charge is 0.328 e. The number of halogens is 1. The lowest BCUT2D eigenvalue weighted by Crippen LogP contribution is -2.31. The molecular formula is C19H23ClN2. The standard InChI is InChI=1S/C19H22N2.ClH/c1-13(20)14-10-11-21(12-14)19-17-8-4-2-6-15(17)16-7-3-5-9-18(16)19;/h2-9,13-14,19H,10-12,20H2,1H3;1H. The Bertz CT molecular complexity index is 622. The van der Waals surface area contributed by atoms with Gasteiger partial charge in [0.25, 0.3) is 0 Å². The van der Waals surface area contributed by atoms with Gasteiger partial charge in [-0.15, -0.1) is 12.4 Å². The maximum absolute atomic E-state index is 6.12. The molecule has 0 aromatic heterocycles. The van der Waals surface area contributed by atoms with Gasteiger partial charge in [0.05, 0.1) is 6.04 Å². The Morgan fingerprint density at radius 1 is 1.00 bits per heavy atom. The third kappa shape index (κ3) is 2.36. The van der Waals surface area contributed by atoms with Gasteiger partial charge in [0.1, 0.15) is 0 Å². The van der Waals surface area contributed by atoms with Gasteiger partial charge in [0.2, 0.25) is 0 Å². The minimum Gasteiger partial charge on any atom is -0.328 e. The van der Waals surface area contributed by atoms with Gasteiger partial charge < -0.3 is 5.73 Å². The highest BCUT2D eigenvalue weighted by Crippen LogP contribution is 2.47. The number of likely N-dealkylation sites (tertiary alicyclic amines) is 1. The maximum Gasteiger partial charge on any atom is 0.0614 e. The number of rotatable bonds is 2. The molecule has 1 aliphatic heterocycles. The minimum atomic E-state index is 0. The normalized spacial score (nSPS) is 22.0. The van der Waals surface area contributed by atoms with Crippen LogP contribution >= 0.6 is 12.4 Å². The van der Waals surface area contributed by atoms with Gasteiger partial charge in [0, 0.05) is 12.6 Å². The Balaban J connectivity index is 0.00000144. The molecule has 2 atom stereocenters. The fourth-order valence-corrected chi connectivity index (χ4v) is 4.00. The fourth-order valence-electron chi connectivity index (χ4n) is 4.00. The second-order valence-corrected chi connectivity index (χ2v) is 6.48. The van der Waals surface area contributed by atoms with Crippen molar-refractivity contribution in [2.75, 3.05) is 13.1 Å². The van der Waals surface area contributed by atoms with E-state index in [-0.39, 0.29) is 12.4 Å². The van der Waals surface area contributed by atoms with Crippen molar-refractivity contribution in [3.63, 3.8) is 0 Å². The molecule has 3 heteroatoms. The van der Waals surface area contributed by atoms with Crippen LogP contribution in [0.2, 0.25) is 0 Å². The van der Waals surface area contributed by atoms with Crippen LogP contribution < -0.4 is 5.73 Å². The highest BCUT2D eigenvalue weighted by atomic mass is 35.5. The highest BCUT2D eigenvalue weighted by Gasteiger charge is 2.36. The summed E-state index contributed by atoms with van der Waals surface area (Å²) in [6.45, 7) is 4.41. The van der Waals surface area contributed by atoms with Crippen molar-refractivity contribution in [1.29, 1.82) is 0 Å². The summed E-state index contributed by atoms with van der Waals surface area (Å²) in [4.78, 5) is 2.62. The molecular weight excluding hydrogens is 292 g/mol. The van der Waals surface area contributed by atoms with Gasteiger partial charge in [-0.3, -0.25) is 4.90 Å². The molecule has 2 nitrogen and oxygen atoms in total. The highest BCUT2D eigenvalue weighted by molar-refractivity contribution is 5.85. The number of hydrogen-bond acceptors (Lipinski definition) is 2. The molecule has 0 saturated carbocycles. The van der Waals surface area contributed by atoms with Gasteiger partial charge in [-0.1, -0.05) is 48.5 Å². The lowest BCUT2D eigenvalue weighted by molar-refractivity contribution is 0.268. The Hall–Kier alpha value is -1.35. The van der Waals surface area contributed by atoms with E-state index in [1.54, 1.807) is 0 Å². The van der Waals surface area contributed by atoms with Crippen LogP contribution in [0.15, 0.2) is 48.5 Å². The molecule has 2 N–H and O–H groups in total. The molecule has 116 valence electrons. The van der Waals surface area contributed by atoms with E-state index in [4.69, 9.17) is 5.73 Å².